The third-order valence-electron chi connectivity index (χ3n) is 1.58. The van der Waals surface area contributed by atoms with Gasteiger partial charge in [-0.05, 0) is 27.2 Å². The van der Waals surface area contributed by atoms with Crippen LogP contribution in [0.4, 0.5) is 0 Å². The summed E-state index contributed by atoms with van der Waals surface area (Å²) in [6, 6.07) is 0. The van der Waals surface area contributed by atoms with Gasteiger partial charge < -0.3 is 24.4 Å². The van der Waals surface area contributed by atoms with Gasteiger partial charge in [-0.3, -0.25) is 0 Å². The molecule has 0 aliphatic rings. The number of aliphatic hydroxyl groups is 2. The summed E-state index contributed by atoms with van der Waals surface area (Å²) >= 11 is 0. The molecule has 0 saturated heterocycles. The molecule has 0 radical (unpaired) electrons. The molecule has 0 aromatic heterocycles. The van der Waals surface area contributed by atoms with Crippen molar-refractivity contribution in [3.05, 3.63) is 0 Å². The summed E-state index contributed by atoms with van der Waals surface area (Å²) in [6.45, 7) is 11.0. The zero-order chi connectivity index (χ0) is 14.3. The Kier molecular flexibility index (Phi) is 16.6. The van der Waals surface area contributed by atoms with E-state index in [1.807, 2.05) is 20.8 Å². The second kappa shape index (κ2) is 14.9. The first-order valence-corrected chi connectivity index (χ1v) is 6.49. The molecule has 0 saturated carbocycles. The quantitative estimate of drug-likeness (QED) is 0.614. The van der Waals surface area contributed by atoms with Gasteiger partial charge in [0.1, 0.15) is 0 Å². The average Bonchev–Trinajstić information content (AvgIpc) is 2.31. The number of hydrogen-bond acceptors (Lipinski definition) is 5. The second-order valence-electron chi connectivity index (χ2n) is 4.63. The molecule has 0 aromatic rings. The van der Waals surface area contributed by atoms with Crippen LogP contribution in [-0.2, 0) is 14.2 Å². The molecule has 18 heavy (non-hydrogen) atoms. The Bertz CT molecular complexity index is 137. The fraction of sp³-hybridized carbons (Fsp3) is 1.00. The maximum Gasteiger partial charge on any atom is 0.0704 e. The Morgan fingerprint density at radius 3 is 1.61 bits per heavy atom. The topological polar surface area (TPSA) is 68.2 Å². The molecule has 0 heterocycles. The molecule has 5 heteroatoms. The third-order valence-corrected chi connectivity index (χ3v) is 1.58. The van der Waals surface area contributed by atoms with Crippen LogP contribution in [0.5, 0.6) is 0 Å². The molecule has 0 aromatic carbocycles. The van der Waals surface area contributed by atoms with Crippen LogP contribution in [0, 0.1) is 0 Å². The maximum absolute atomic E-state index is 8.30. The minimum atomic E-state index is -0.108. The van der Waals surface area contributed by atoms with Crippen LogP contribution in [0.3, 0.4) is 0 Å². The molecule has 0 atom stereocenters. The van der Waals surface area contributed by atoms with Crippen molar-refractivity contribution in [2.24, 2.45) is 0 Å². The largest absolute Gasteiger partial charge is 0.394 e. The first kappa shape index (κ1) is 20.1. The lowest BCUT2D eigenvalue weighted by Crippen LogP contribution is -2.20. The number of aliphatic hydroxyl groups excluding tert-OH is 2. The van der Waals surface area contributed by atoms with Crippen LogP contribution in [0.1, 0.15) is 34.1 Å². The highest BCUT2D eigenvalue weighted by Gasteiger charge is 2.07. The predicted octanol–water partition coefficient (Wildman–Crippen LogP) is 1.22. The molecule has 112 valence electrons. The van der Waals surface area contributed by atoms with Crippen molar-refractivity contribution in [1.82, 2.24) is 0 Å². The van der Waals surface area contributed by atoms with E-state index in [2.05, 4.69) is 6.92 Å². The van der Waals surface area contributed by atoms with Gasteiger partial charge in [0.05, 0.1) is 45.2 Å². The van der Waals surface area contributed by atoms with E-state index in [1.165, 1.54) is 0 Å². The summed E-state index contributed by atoms with van der Waals surface area (Å²) in [5.41, 5.74) is -0.108. The highest BCUT2D eigenvalue weighted by Crippen LogP contribution is 2.04. The van der Waals surface area contributed by atoms with E-state index in [0.29, 0.717) is 26.4 Å². The first-order valence-electron chi connectivity index (χ1n) is 6.49. The van der Waals surface area contributed by atoms with E-state index < -0.39 is 0 Å². The van der Waals surface area contributed by atoms with Gasteiger partial charge in [-0.25, -0.2) is 0 Å². The molecule has 0 bridgehead atoms. The second-order valence-corrected chi connectivity index (χ2v) is 4.63. The maximum atomic E-state index is 8.30. The lowest BCUT2D eigenvalue weighted by Gasteiger charge is -2.18. The van der Waals surface area contributed by atoms with Crippen molar-refractivity contribution in [2.45, 2.75) is 39.7 Å². The fourth-order valence-electron chi connectivity index (χ4n) is 0.883. The molecule has 2 N–H and O–H groups in total. The van der Waals surface area contributed by atoms with Crippen molar-refractivity contribution in [3.63, 3.8) is 0 Å². The summed E-state index contributed by atoms with van der Waals surface area (Å²) in [5, 5.41) is 16.6. The lowest BCUT2D eigenvalue weighted by molar-refractivity contribution is -0.0199. The van der Waals surface area contributed by atoms with Crippen LogP contribution in [0.15, 0.2) is 0 Å². The van der Waals surface area contributed by atoms with Crippen molar-refractivity contribution < 1.29 is 24.4 Å². The molecule has 0 rings (SSSR count). The Morgan fingerprint density at radius 1 is 0.778 bits per heavy atom. The van der Waals surface area contributed by atoms with Crippen molar-refractivity contribution in [2.75, 3.05) is 46.2 Å². The minimum Gasteiger partial charge on any atom is -0.394 e. The predicted molar refractivity (Wildman–Crippen MR) is 71.8 cm³/mol. The Morgan fingerprint density at radius 2 is 1.28 bits per heavy atom. The van der Waals surface area contributed by atoms with Gasteiger partial charge in [-0.1, -0.05) is 6.92 Å². The van der Waals surface area contributed by atoms with Crippen LogP contribution in [0.25, 0.3) is 0 Å². The van der Waals surface area contributed by atoms with E-state index in [-0.39, 0.29) is 18.8 Å². The normalized spacial score (nSPS) is 11.0. The Hall–Kier alpha value is -0.200. The molecule has 0 fully saturated rings. The first-order chi connectivity index (χ1) is 8.47. The van der Waals surface area contributed by atoms with E-state index in [9.17, 15) is 0 Å². The summed E-state index contributed by atoms with van der Waals surface area (Å²) in [4.78, 5) is 0. The minimum absolute atomic E-state index is 0.0910. The average molecular weight is 266 g/mol. The zero-order valence-corrected chi connectivity index (χ0v) is 12.3. The van der Waals surface area contributed by atoms with E-state index in [0.717, 1.165) is 13.0 Å². The highest BCUT2D eigenvalue weighted by molar-refractivity contribution is 4.57. The standard InChI is InChI=1S/C7H16O3.C6H14O2/c1-2-4-9-6-7-10-5-3-8;1-6(2,3)8-5-4-7/h8H,2-7H2,1H3;7H,4-5H2,1-3H3. The van der Waals surface area contributed by atoms with Gasteiger partial charge in [0.2, 0.25) is 0 Å². The van der Waals surface area contributed by atoms with Crippen molar-refractivity contribution >= 4 is 0 Å². The van der Waals surface area contributed by atoms with Crippen LogP contribution in [0.2, 0.25) is 0 Å². The van der Waals surface area contributed by atoms with Crippen LogP contribution < -0.4 is 0 Å². The zero-order valence-electron chi connectivity index (χ0n) is 12.3. The summed E-state index contributed by atoms with van der Waals surface area (Å²) in [6.07, 6.45) is 1.04. The summed E-state index contributed by atoms with van der Waals surface area (Å²) < 4.78 is 15.2. The molecule has 0 spiro atoms. The van der Waals surface area contributed by atoms with E-state index in [4.69, 9.17) is 24.4 Å². The Labute approximate surface area is 111 Å². The molecule has 5 nitrogen and oxygen atoms in total. The number of rotatable bonds is 9. The monoisotopic (exact) mass is 266 g/mol. The van der Waals surface area contributed by atoms with Crippen molar-refractivity contribution in [1.29, 1.82) is 0 Å². The van der Waals surface area contributed by atoms with E-state index in [1.54, 1.807) is 0 Å². The summed E-state index contributed by atoms with van der Waals surface area (Å²) in [5.74, 6) is 0. The van der Waals surface area contributed by atoms with Gasteiger partial charge >= 0.3 is 0 Å². The number of ether oxygens (including phenoxy) is 3. The lowest BCUT2D eigenvalue weighted by atomic mass is 10.2. The molecule has 0 amide bonds. The van der Waals surface area contributed by atoms with Gasteiger partial charge in [-0.2, -0.15) is 0 Å². The van der Waals surface area contributed by atoms with Gasteiger partial charge in [-0.15, -0.1) is 0 Å². The van der Waals surface area contributed by atoms with Gasteiger partial charge in [0.15, 0.2) is 0 Å². The highest BCUT2D eigenvalue weighted by atomic mass is 16.5. The Balaban J connectivity index is 0. The molecule has 0 aliphatic heterocycles. The smallest absolute Gasteiger partial charge is 0.0704 e. The van der Waals surface area contributed by atoms with E-state index >= 15 is 0 Å². The van der Waals surface area contributed by atoms with Crippen molar-refractivity contribution in [3.8, 4) is 0 Å². The fourth-order valence-corrected chi connectivity index (χ4v) is 0.883. The van der Waals surface area contributed by atoms with Crippen LogP contribution >= 0.6 is 0 Å². The molecular weight excluding hydrogens is 236 g/mol. The SMILES string of the molecule is CC(C)(C)OCCO.CCCOCCOCCO. The summed E-state index contributed by atoms with van der Waals surface area (Å²) in [7, 11) is 0. The van der Waals surface area contributed by atoms with Crippen LogP contribution in [-0.4, -0.2) is 62.1 Å². The third kappa shape index (κ3) is 24.9. The molecule has 0 aliphatic carbocycles. The molecule has 0 unspecified atom stereocenters. The van der Waals surface area contributed by atoms with Gasteiger partial charge in [0, 0.05) is 6.61 Å². The number of hydrogen-bond donors (Lipinski definition) is 2. The van der Waals surface area contributed by atoms with Gasteiger partial charge in [0.25, 0.3) is 0 Å². The molecular formula is C13H30O5.